The van der Waals surface area contributed by atoms with Crippen LogP contribution in [0.3, 0.4) is 0 Å². The van der Waals surface area contributed by atoms with Crippen molar-refractivity contribution < 1.29 is 9.53 Å². The number of hydrogen-bond acceptors (Lipinski definition) is 6. The van der Waals surface area contributed by atoms with Gasteiger partial charge in [0.2, 0.25) is 5.13 Å². The molecule has 0 saturated carbocycles. The van der Waals surface area contributed by atoms with E-state index < -0.39 is 6.10 Å². The summed E-state index contributed by atoms with van der Waals surface area (Å²) in [6.45, 7) is 5.79. The molecule has 1 amide bonds. The van der Waals surface area contributed by atoms with E-state index in [1.165, 1.54) is 33.2 Å². The molecule has 5 nitrogen and oxygen atoms in total. The summed E-state index contributed by atoms with van der Waals surface area (Å²) in [5.41, 5.74) is 3.56. The van der Waals surface area contributed by atoms with Gasteiger partial charge in [0, 0.05) is 5.75 Å². The second-order valence-electron chi connectivity index (χ2n) is 7.30. The standard InChI is InChI=1S/C24H23N3O2S2/c1-15-11-12-20(13-16(15)2)29-17(3)22(28)25-23-26-27-24(31-23)30-14-19-9-6-8-18-7-4-5-10-21(18)19/h4-13,17H,14H2,1-3H3,(H,25,26,28). The molecule has 4 rings (SSSR count). The molecule has 7 heteroatoms. The van der Waals surface area contributed by atoms with Crippen molar-refractivity contribution in [2.75, 3.05) is 5.32 Å². The molecule has 1 heterocycles. The Kier molecular flexibility index (Phi) is 6.53. The zero-order valence-electron chi connectivity index (χ0n) is 17.6. The van der Waals surface area contributed by atoms with E-state index in [1.807, 2.05) is 38.1 Å². The van der Waals surface area contributed by atoms with Crippen LogP contribution in [-0.4, -0.2) is 22.2 Å². The Bertz CT molecular complexity index is 1220. The smallest absolute Gasteiger partial charge is 0.266 e. The number of ether oxygens (including phenoxy) is 1. The lowest BCUT2D eigenvalue weighted by Gasteiger charge is -2.14. The van der Waals surface area contributed by atoms with Crippen LogP contribution in [0.25, 0.3) is 10.8 Å². The molecule has 1 N–H and O–H groups in total. The molecule has 0 fully saturated rings. The molecule has 0 radical (unpaired) electrons. The average Bonchev–Trinajstić information content (AvgIpc) is 3.22. The number of thioether (sulfide) groups is 1. The van der Waals surface area contributed by atoms with Crippen LogP contribution in [0.2, 0.25) is 0 Å². The Morgan fingerprint density at radius 1 is 1.06 bits per heavy atom. The van der Waals surface area contributed by atoms with Crippen molar-refractivity contribution in [2.45, 2.75) is 37.0 Å². The lowest BCUT2D eigenvalue weighted by atomic mass is 10.1. The highest BCUT2D eigenvalue weighted by atomic mass is 32.2. The van der Waals surface area contributed by atoms with Crippen LogP contribution in [-0.2, 0) is 10.5 Å². The Hall–Kier alpha value is -2.90. The van der Waals surface area contributed by atoms with Crippen molar-refractivity contribution in [1.29, 1.82) is 0 Å². The lowest BCUT2D eigenvalue weighted by Crippen LogP contribution is -2.30. The maximum Gasteiger partial charge on any atom is 0.266 e. The molecule has 1 aromatic heterocycles. The van der Waals surface area contributed by atoms with Crippen molar-refractivity contribution in [3.8, 4) is 5.75 Å². The Morgan fingerprint density at radius 3 is 2.71 bits per heavy atom. The van der Waals surface area contributed by atoms with Gasteiger partial charge < -0.3 is 4.74 Å². The molecule has 1 atom stereocenters. The number of aromatic nitrogens is 2. The zero-order chi connectivity index (χ0) is 21.8. The predicted molar refractivity (Wildman–Crippen MR) is 128 cm³/mol. The Balaban J connectivity index is 1.35. The average molecular weight is 450 g/mol. The number of hydrogen-bond donors (Lipinski definition) is 1. The predicted octanol–water partition coefficient (Wildman–Crippen LogP) is 6.01. The number of amides is 1. The summed E-state index contributed by atoms with van der Waals surface area (Å²) in [6.07, 6.45) is -0.641. The van der Waals surface area contributed by atoms with Crippen LogP contribution in [0.1, 0.15) is 23.6 Å². The topological polar surface area (TPSA) is 64.1 Å². The van der Waals surface area contributed by atoms with Crippen LogP contribution in [0.4, 0.5) is 5.13 Å². The molecule has 158 valence electrons. The summed E-state index contributed by atoms with van der Waals surface area (Å²) in [4.78, 5) is 12.5. The van der Waals surface area contributed by atoms with Crippen LogP contribution >= 0.6 is 23.1 Å². The number of aryl methyl sites for hydroxylation is 2. The highest BCUT2D eigenvalue weighted by Gasteiger charge is 2.17. The van der Waals surface area contributed by atoms with Gasteiger partial charge in [0.05, 0.1) is 0 Å². The third-order valence-electron chi connectivity index (χ3n) is 5.03. The minimum Gasteiger partial charge on any atom is -0.481 e. The van der Waals surface area contributed by atoms with Crippen molar-refractivity contribution in [2.24, 2.45) is 0 Å². The van der Waals surface area contributed by atoms with Gasteiger partial charge in [-0.3, -0.25) is 10.1 Å². The van der Waals surface area contributed by atoms with Gasteiger partial charge in [-0.2, -0.15) is 0 Å². The van der Waals surface area contributed by atoms with Crippen molar-refractivity contribution in [3.63, 3.8) is 0 Å². The number of benzene rings is 3. The van der Waals surface area contributed by atoms with Crippen LogP contribution in [0.5, 0.6) is 5.75 Å². The summed E-state index contributed by atoms with van der Waals surface area (Å²) in [7, 11) is 0. The quantitative estimate of drug-likeness (QED) is 0.277. The first-order valence-electron chi connectivity index (χ1n) is 9.97. The fourth-order valence-corrected chi connectivity index (χ4v) is 4.89. The van der Waals surface area contributed by atoms with E-state index in [2.05, 4.69) is 51.9 Å². The molecule has 4 aromatic rings. The molecule has 1 unspecified atom stereocenters. The van der Waals surface area contributed by atoms with E-state index in [1.54, 1.807) is 18.7 Å². The van der Waals surface area contributed by atoms with Gasteiger partial charge in [-0.1, -0.05) is 71.6 Å². The minimum absolute atomic E-state index is 0.250. The molecule has 0 saturated heterocycles. The van der Waals surface area contributed by atoms with E-state index in [-0.39, 0.29) is 5.91 Å². The van der Waals surface area contributed by atoms with E-state index in [9.17, 15) is 4.79 Å². The number of fused-ring (bicyclic) bond motifs is 1. The van der Waals surface area contributed by atoms with Gasteiger partial charge in [-0.15, -0.1) is 10.2 Å². The van der Waals surface area contributed by atoms with Crippen LogP contribution < -0.4 is 10.1 Å². The van der Waals surface area contributed by atoms with Crippen LogP contribution in [0.15, 0.2) is 65.0 Å². The highest BCUT2D eigenvalue weighted by molar-refractivity contribution is 8.00. The normalized spacial score (nSPS) is 12.0. The minimum atomic E-state index is -0.641. The first-order chi connectivity index (χ1) is 15.0. The molecular formula is C24H23N3O2S2. The summed E-state index contributed by atoms with van der Waals surface area (Å²) in [6, 6.07) is 20.5. The fraction of sp³-hybridized carbons (Fsp3) is 0.208. The number of nitrogens with one attached hydrogen (secondary N) is 1. The highest BCUT2D eigenvalue weighted by Crippen LogP contribution is 2.31. The van der Waals surface area contributed by atoms with Gasteiger partial charge in [0.1, 0.15) is 5.75 Å². The van der Waals surface area contributed by atoms with E-state index in [0.717, 1.165) is 15.7 Å². The lowest BCUT2D eigenvalue weighted by molar-refractivity contribution is -0.122. The largest absolute Gasteiger partial charge is 0.481 e. The monoisotopic (exact) mass is 449 g/mol. The first-order valence-corrected chi connectivity index (χ1v) is 11.8. The number of nitrogens with zero attached hydrogens (tertiary/aromatic N) is 2. The maximum atomic E-state index is 12.5. The second-order valence-corrected chi connectivity index (χ2v) is 9.50. The van der Waals surface area contributed by atoms with Crippen LogP contribution in [0, 0.1) is 13.8 Å². The van der Waals surface area contributed by atoms with E-state index in [4.69, 9.17) is 4.74 Å². The third kappa shape index (κ3) is 5.24. The summed E-state index contributed by atoms with van der Waals surface area (Å²) < 4.78 is 6.59. The molecule has 0 bridgehead atoms. The van der Waals surface area contributed by atoms with Gasteiger partial charge in [0.25, 0.3) is 5.91 Å². The Labute approximate surface area is 189 Å². The van der Waals surface area contributed by atoms with Gasteiger partial charge >= 0.3 is 0 Å². The summed E-state index contributed by atoms with van der Waals surface area (Å²) in [5, 5.41) is 14.1. The number of carbonyl (C=O) groups is 1. The third-order valence-corrected chi connectivity index (χ3v) is 7.05. The molecule has 0 spiro atoms. The van der Waals surface area contributed by atoms with Crippen molar-refractivity contribution in [1.82, 2.24) is 10.2 Å². The molecule has 0 aliphatic carbocycles. The van der Waals surface area contributed by atoms with E-state index in [0.29, 0.717) is 10.9 Å². The Morgan fingerprint density at radius 2 is 1.87 bits per heavy atom. The summed E-state index contributed by atoms with van der Waals surface area (Å²) >= 11 is 2.98. The maximum absolute atomic E-state index is 12.5. The molecule has 3 aromatic carbocycles. The number of anilines is 1. The zero-order valence-corrected chi connectivity index (χ0v) is 19.2. The molecule has 0 aliphatic rings. The van der Waals surface area contributed by atoms with Crippen molar-refractivity contribution >= 4 is 44.9 Å². The van der Waals surface area contributed by atoms with Gasteiger partial charge in [0.15, 0.2) is 10.4 Å². The summed E-state index contributed by atoms with van der Waals surface area (Å²) in [5.74, 6) is 1.21. The molecule has 31 heavy (non-hydrogen) atoms. The first kappa shape index (κ1) is 21.3. The SMILES string of the molecule is Cc1ccc(OC(C)C(=O)Nc2nnc(SCc3cccc4ccccc34)s2)cc1C. The number of carbonyl (C=O) groups excluding carboxylic acids is 1. The number of rotatable bonds is 7. The van der Waals surface area contributed by atoms with Crippen molar-refractivity contribution in [3.05, 3.63) is 77.4 Å². The second kappa shape index (κ2) is 9.49. The van der Waals surface area contributed by atoms with Gasteiger partial charge in [-0.05, 0) is 60.4 Å². The van der Waals surface area contributed by atoms with Gasteiger partial charge in [-0.25, -0.2) is 0 Å². The molecular weight excluding hydrogens is 426 g/mol. The fourth-order valence-electron chi connectivity index (χ4n) is 3.13. The molecule has 0 aliphatic heterocycles. The van der Waals surface area contributed by atoms with E-state index >= 15 is 0 Å².